The molecule has 0 radical (unpaired) electrons. The van der Waals surface area contributed by atoms with Crippen molar-refractivity contribution in [1.29, 1.82) is 0 Å². The smallest absolute Gasteiger partial charge is 0.410 e. The van der Waals surface area contributed by atoms with Crippen LogP contribution in [0.3, 0.4) is 0 Å². The van der Waals surface area contributed by atoms with Crippen LogP contribution in [0.4, 0.5) is 21.0 Å². The van der Waals surface area contributed by atoms with Gasteiger partial charge in [0.15, 0.2) is 11.0 Å². The Balaban J connectivity index is 1.21. The van der Waals surface area contributed by atoms with Crippen molar-refractivity contribution < 1.29 is 28.1 Å². The van der Waals surface area contributed by atoms with Crippen LogP contribution in [0, 0.1) is 12.7 Å². The number of piperazine rings is 1. The highest BCUT2D eigenvalue weighted by Gasteiger charge is 2.53. The van der Waals surface area contributed by atoms with Gasteiger partial charge in [0.1, 0.15) is 45.6 Å². The van der Waals surface area contributed by atoms with Crippen LogP contribution in [0.1, 0.15) is 57.4 Å². The number of methoxy groups -OCH3 is 2. The summed E-state index contributed by atoms with van der Waals surface area (Å²) in [7, 11) is 3.27. The number of halogens is 1. The number of anilines is 2. The lowest BCUT2D eigenvalue weighted by molar-refractivity contribution is 0.000947. The minimum absolute atomic E-state index is 0.00114. The number of aromatic nitrogens is 5. The van der Waals surface area contributed by atoms with Crippen LogP contribution in [-0.4, -0.2) is 92.8 Å². The summed E-state index contributed by atoms with van der Waals surface area (Å²) in [6.45, 7) is 10.9. The molecule has 0 spiro atoms. The third-order valence-electron chi connectivity index (χ3n) is 10.7. The molecule has 3 aliphatic rings. The topological polar surface area (TPSA) is 128 Å². The van der Waals surface area contributed by atoms with Gasteiger partial charge in [-0.05, 0) is 95.2 Å². The van der Waals surface area contributed by atoms with Gasteiger partial charge in [0.05, 0.1) is 38.0 Å². The Morgan fingerprint density at radius 3 is 2.19 bits per heavy atom. The Hall–Kier alpha value is -5.44. The third kappa shape index (κ3) is 7.44. The third-order valence-corrected chi connectivity index (χ3v) is 11.2. The maximum absolute atomic E-state index is 17.2. The summed E-state index contributed by atoms with van der Waals surface area (Å²) < 4.78 is 40.6. The molecule has 0 N–H and O–H groups in total. The van der Waals surface area contributed by atoms with Gasteiger partial charge < -0.3 is 28.7 Å². The molecule has 8 rings (SSSR count). The highest BCUT2D eigenvalue weighted by molar-refractivity contribution is 7.98. The van der Waals surface area contributed by atoms with Gasteiger partial charge in [-0.3, -0.25) is 4.90 Å². The Bertz CT molecular complexity index is 2260. The molecule has 3 aromatic heterocycles. The van der Waals surface area contributed by atoms with E-state index in [-0.39, 0.29) is 41.3 Å². The highest BCUT2D eigenvalue weighted by atomic mass is 32.2. The lowest BCUT2D eigenvalue weighted by Crippen LogP contribution is -2.65. The first-order valence-electron chi connectivity index (χ1n) is 19.1. The molecule has 3 aliphatic heterocycles. The summed E-state index contributed by atoms with van der Waals surface area (Å²) in [5, 5.41) is 0.819. The highest BCUT2D eigenvalue weighted by Crippen LogP contribution is 2.46. The second-order valence-electron chi connectivity index (χ2n) is 15.7. The summed E-state index contributed by atoms with van der Waals surface area (Å²) in [4.78, 5) is 44.1. The number of benzene rings is 2. The second kappa shape index (κ2) is 15.1. The molecule has 6 heterocycles. The number of fused-ring (bicyclic) bond motifs is 5. The number of thioether (sulfide) groups is 1. The SMILES string of the molecule is COc1ccc(CN(Cc2ccc(OC)cc2)c2nc(C)cc(-c3nc4c5c(nc(SC)nc5c3F)N3C[C@H]5CC[C@@H]([C@H]3[C@H](C)O4)N5C(=O)OC(C)(C)C)n2)cc1. The number of nitrogens with zero attached hydrogens (tertiary/aromatic N) is 8. The molecule has 2 aromatic carbocycles. The fourth-order valence-electron chi connectivity index (χ4n) is 8.20. The molecular weight excluding hydrogens is 748 g/mol. The number of amides is 1. The number of carbonyl (C=O) groups excluding carboxylic acids is 1. The van der Waals surface area contributed by atoms with Crippen LogP contribution in [0.5, 0.6) is 17.4 Å². The molecule has 2 fully saturated rings. The van der Waals surface area contributed by atoms with Crippen molar-refractivity contribution in [3.8, 4) is 28.8 Å². The number of ether oxygens (including phenoxy) is 4. The average molecular weight is 795 g/mol. The zero-order valence-corrected chi connectivity index (χ0v) is 34.3. The van der Waals surface area contributed by atoms with E-state index in [1.165, 1.54) is 11.8 Å². The van der Waals surface area contributed by atoms with Gasteiger partial charge in [-0.25, -0.2) is 34.1 Å². The van der Waals surface area contributed by atoms with Crippen molar-refractivity contribution in [2.24, 2.45) is 0 Å². The summed E-state index contributed by atoms with van der Waals surface area (Å²) in [5.41, 5.74) is 2.41. The van der Waals surface area contributed by atoms with Gasteiger partial charge in [-0.2, -0.15) is 0 Å². The maximum Gasteiger partial charge on any atom is 0.410 e. The molecule has 0 unspecified atom stereocenters. The number of hydrogen-bond acceptors (Lipinski definition) is 13. The van der Waals surface area contributed by atoms with E-state index < -0.39 is 17.5 Å². The molecule has 13 nitrogen and oxygen atoms in total. The second-order valence-corrected chi connectivity index (χ2v) is 16.5. The minimum atomic E-state index is -0.638. The molecule has 2 bridgehead atoms. The first kappa shape index (κ1) is 38.4. The number of rotatable bonds is 9. The normalized spacial score (nSPS) is 19.8. The van der Waals surface area contributed by atoms with E-state index in [0.717, 1.165) is 35.5 Å². The van der Waals surface area contributed by atoms with Gasteiger partial charge in [0.2, 0.25) is 11.8 Å². The van der Waals surface area contributed by atoms with Crippen LogP contribution in [0.25, 0.3) is 22.3 Å². The lowest BCUT2D eigenvalue weighted by atomic mass is 9.98. The number of carbonyl (C=O) groups is 1. The number of pyridine rings is 1. The Morgan fingerprint density at radius 2 is 1.60 bits per heavy atom. The number of hydrogen-bond donors (Lipinski definition) is 0. The predicted octanol–water partition coefficient (Wildman–Crippen LogP) is 7.61. The van der Waals surface area contributed by atoms with E-state index in [1.54, 1.807) is 20.3 Å². The molecule has 0 saturated carbocycles. The van der Waals surface area contributed by atoms with Crippen LogP contribution >= 0.6 is 11.8 Å². The van der Waals surface area contributed by atoms with Crippen molar-refractivity contribution in [3.63, 3.8) is 0 Å². The summed E-state index contributed by atoms with van der Waals surface area (Å²) in [6.07, 6.45) is 2.67. The van der Waals surface area contributed by atoms with Crippen LogP contribution in [0.2, 0.25) is 0 Å². The van der Waals surface area contributed by atoms with Gasteiger partial charge in [-0.15, -0.1) is 0 Å². The summed E-state index contributed by atoms with van der Waals surface area (Å²) in [5.74, 6) is 2.06. The van der Waals surface area contributed by atoms with Crippen molar-refractivity contribution in [2.75, 3.05) is 36.8 Å². The Labute approximate surface area is 335 Å². The maximum atomic E-state index is 17.2. The predicted molar refractivity (Wildman–Crippen MR) is 217 cm³/mol. The summed E-state index contributed by atoms with van der Waals surface area (Å²) >= 11 is 1.34. The molecule has 0 aliphatic carbocycles. The molecule has 2 saturated heterocycles. The van der Waals surface area contributed by atoms with Crippen molar-refractivity contribution in [3.05, 3.63) is 77.2 Å². The van der Waals surface area contributed by atoms with E-state index in [9.17, 15) is 4.79 Å². The summed E-state index contributed by atoms with van der Waals surface area (Å²) in [6, 6.07) is 16.8. The van der Waals surface area contributed by atoms with Gasteiger partial charge in [0.25, 0.3) is 0 Å². The number of aryl methyl sites for hydroxylation is 1. The average Bonchev–Trinajstić information content (AvgIpc) is 3.44. The Morgan fingerprint density at radius 1 is 0.947 bits per heavy atom. The van der Waals surface area contributed by atoms with E-state index in [1.807, 2.05) is 99.2 Å². The lowest BCUT2D eigenvalue weighted by Gasteiger charge is -2.48. The largest absolute Gasteiger partial charge is 0.497 e. The minimum Gasteiger partial charge on any atom is -0.497 e. The van der Waals surface area contributed by atoms with E-state index in [0.29, 0.717) is 53.3 Å². The molecule has 5 aromatic rings. The molecular formula is C42H47FN8O5S. The Kier molecular flexibility index (Phi) is 10.2. The van der Waals surface area contributed by atoms with Gasteiger partial charge >= 0.3 is 6.09 Å². The standard InChI is InChI=1S/C42H47FN8O5S/c1-23-19-30(45-39(44-23)49(20-25-9-14-28(53-6)15-10-25)21-26-11-16-29(54-7)17-12-26)34-33(43)35-32-37(48-40(47-35)57-8)50-22-27-13-18-31(36(50)24(2)55-38(32)46-34)51(27)41(52)56-42(3,4)5/h9-12,14-17,19,24,27,31,36H,13,18,20-22H2,1-8H3/t24-,27+,31-,36+/m0/s1. The van der Waals surface area contributed by atoms with Crippen LogP contribution in [-0.2, 0) is 17.8 Å². The molecule has 57 heavy (non-hydrogen) atoms. The molecule has 1 amide bonds. The first-order valence-corrected chi connectivity index (χ1v) is 20.3. The zero-order valence-electron chi connectivity index (χ0n) is 33.4. The quantitative estimate of drug-likeness (QED) is 0.107. The van der Waals surface area contributed by atoms with Crippen molar-refractivity contribution >= 4 is 40.5 Å². The van der Waals surface area contributed by atoms with Crippen LogP contribution < -0.4 is 24.0 Å². The molecule has 4 atom stereocenters. The molecule has 298 valence electrons. The van der Waals surface area contributed by atoms with Crippen molar-refractivity contribution in [2.45, 2.75) is 95.5 Å². The van der Waals surface area contributed by atoms with Gasteiger partial charge in [0, 0.05) is 25.3 Å². The zero-order chi connectivity index (χ0) is 40.2. The first-order chi connectivity index (χ1) is 27.3. The van der Waals surface area contributed by atoms with E-state index >= 15 is 4.39 Å². The monoisotopic (exact) mass is 794 g/mol. The molecule has 15 heteroatoms. The van der Waals surface area contributed by atoms with E-state index in [2.05, 4.69) is 4.90 Å². The fourth-order valence-corrected chi connectivity index (χ4v) is 8.56. The van der Waals surface area contributed by atoms with Crippen LogP contribution in [0.15, 0.2) is 59.8 Å². The fraction of sp³-hybridized carbons (Fsp3) is 0.429. The van der Waals surface area contributed by atoms with E-state index in [4.69, 9.17) is 43.9 Å². The van der Waals surface area contributed by atoms with Gasteiger partial charge in [-0.1, -0.05) is 36.0 Å². The van der Waals surface area contributed by atoms with Crippen molar-refractivity contribution in [1.82, 2.24) is 29.8 Å².